The number of carbonyl (C=O) groups excluding carboxylic acids is 1. The lowest BCUT2D eigenvalue weighted by atomic mass is 9.98. The van der Waals surface area contributed by atoms with Crippen LogP contribution in [0.2, 0.25) is 0 Å². The molecule has 0 aromatic heterocycles. The van der Waals surface area contributed by atoms with Crippen LogP contribution in [0.1, 0.15) is 40.5 Å². The Morgan fingerprint density at radius 3 is 2.35 bits per heavy atom. The van der Waals surface area contributed by atoms with Crippen molar-refractivity contribution in [3.05, 3.63) is 0 Å². The Labute approximate surface area is 105 Å². The molecule has 1 saturated heterocycles. The molecule has 0 spiro atoms. The number of hydrogen-bond acceptors (Lipinski definition) is 3. The van der Waals surface area contributed by atoms with Gasteiger partial charge < -0.3 is 14.5 Å². The maximum atomic E-state index is 12.0. The summed E-state index contributed by atoms with van der Waals surface area (Å²) in [5.74, 6) is 0. The van der Waals surface area contributed by atoms with Gasteiger partial charge >= 0.3 is 6.09 Å². The maximum absolute atomic E-state index is 12.0. The van der Waals surface area contributed by atoms with Gasteiger partial charge in [0.25, 0.3) is 0 Å². The van der Waals surface area contributed by atoms with Gasteiger partial charge in [0.1, 0.15) is 5.60 Å². The molecule has 4 heteroatoms. The normalized spacial score (nSPS) is 26.2. The first-order valence-electron chi connectivity index (χ1n) is 6.37. The number of piperidine rings is 1. The average molecular weight is 242 g/mol. The number of rotatable bonds is 1. The van der Waals surface area contributed by atoms with Gasteiger partial charge in [-0.1, -0.05) is 0 Å². The van der Waals surface area contributed by atoms with Crippen molar-refractivity contribution in [3.63, 3.8) is 0 Å². The minimum atomic E-state index is -0.408. The van der Waals surface area contributed by atoms with Gasteiger partial charge in [-0.15, -0.1) is 0 Å². The monoisotopic (exact) mass is 242 g/mol. The van der Waals surface area contributed by atoms with Crippen LogP contribution in [0.3, 0.4) is 0 Å². The molecule has 100 valence electrons. The van der Waals surface area contributed by atoms with Crippen molar-refractivity contribution in [2.75, 3.05) is 20.6 Å². The zero-order chi connectivity index (χ0) is 13.2. The number of ether oxygens (including phenoxy) is 1. The maximum Gasteiger partial charge on any atom is 0.410 e. The number of hydrogen-bond donors (Lipinski definition) is 0. The molecule has 4 nitrogen and oxygen atoms in total. The third-order valence-corrected chi connectivity index (χ3v) is 3.21. The van der Waals surface area contributed by atoms with Gasteiger partial charge in [0.15, 0.2) is 0 Å². The highest BCUT2D eigenvalue weighted by Crippen LogP contribution is 2.22. The topological polar surface area (TPSA) is 32.8 Å². The minimum Gasteiger partial charge on any atom is -0.444 e. The highest BCUT2D eigenvalue weighted by molar-refractivity contribution is 5.68. The number of likely N-dealkylation sites (tertiary alicyclic amines) is 1. The summed E-state index contributed by atoms with van der Waals surface area (Å²) in [6.45, 7) is 8.60. The molecule has 0 saturated carbocycles. The Kier molecular flexibility index (Phi) is 4.42. The average Bonchev–Trinajstić information content (AvgIpc) is 2.14. The van der Waals surface area contributed by atoms with Gasteiger partial charge in [-0.2, -0.15) is 0 Å². The molecular formula is C13H26N2O2. The van der Waals surface area contributed by atoms with E-state index in [1.165, 1.54) is 0 Å². The first-order chi connectivity index (χ1) is 7.70. The van der Waals surface area contributed by atoms with E-state index in [1.807, 2.05) is 25.7 Å². The van der Waals surface area contributed by atoms with Crippen molar-refractivity contribution < 1.29 is 9.53 Å². The molecule has 0 radical (unpaired) electrons. The Hall–Kier alpha value is -0.770. The van der Waals surface area contributed by atoms with E-state index in [1.54, 1.807) is 0 Å². The van der Waals surface area contributed by atoms with Crippen LogP contribution < -0.4 is 0 Å². The lowest BCUT2D eigenvalue weighted by Crippen LogP contribution is -2.50. The van der Waals surface area contributed by atoms with Crippen LogP contribution in [0.5, 0.6) is 0 Å². The fourth-order valence-corrected chi connectivity index (χ4v) is 2.21. The Balaban J connectivity index is 2.55. The van der Waals surface area contributed by atoms with E-state index in [2.05, 4.69) is 25.9 Å². The number of amides is 1. The van der Waals surface area contributed by atoms with Crippen molar-refractivity contribution >= 4 is 6.09 Å². The summed E-state index contributed by atoms with van der Waals surface area (Å²) >= 11 is 0. The summed E-state index contributed by atoms with van der Waals surface area (Å²) in [5, 5.41) is 0. The summed E-state index contributed by atoms with van der Waals surface area (Å²) in [6, 6.07) is 0.828. The van der Waals surface area contributed by atoms with Gasteiger partial charge in [0.05, 0.1) is 0 Å². The van der Waals surface area contributed by atoms with Crippen LogP contribution in [-0.4, -0.2) is 54.2 Å². The van der Waals surface area contributed by atoms with Crippen LogP contribution in [0.25, 0.3) is 0 Å². The fourth-order valence-electron chi connectivity index (χ4n) is 2.21. The Morgan fingerprint density at radius 2 is 1.94 bits per heavy atom. The van der Waals surface area contributed by atoms with E-state index in [9.17, 15) is 4.79 Å². The second kappa shape index (κ2) is 5.25. The van der Waals surface area contributed by atoms with Crippen molar-refractivity contribution in [3.8, 4) is 0 Å². The molecule has 1 aliphatic rings. The molecule has 0 aliphatic carbocycles. The molecule has 2 unspecified atom stereocenters. The van der Waals surface area contributed by atoms with Crippen LogP contribution >= 0.6 is 0 Å². The van der Waals surface area contributed by atoms with E-state index in [-0.39, 0.29) is 12.1 Å². The van der Waals surface area contributed by atoms with Crippen LogP contribution in [-0.2, 0) is 4.74 Å². The largest absolute Gasteiger partial charge is 0.444 e. The summed E-state index contributed by atoms with van der Waals surface area (Å²) in [5.41, 5.74) is -0.408. The van der Waals surface area contributed by atoms with E-state index < -0.39 is 5.60 Å². The van der Waals surface area contributed by atoms with E-state index in [0.717, 1.165) is 19.4 Å². The molecule has 0 aromatic rings. The summed E-state index contributed by atoms with van der Waals surface area (Å²) in [6.07, 6.45) is 1.87. The predicted molar refractivity (Wildman–Crippen MR) is 69.1 cm³/mol. The van der Waals surface area contributed by atoms with Gasteiger partial charge in [-0.25, -0.2) is 4.79 Å². The highest BCUT2D eigenvalue weighted by atomic mass is 16.6. The molecule has 1 rings (SSSR count). The quantitative estimate of drug-likeness (QED) is 0.707. The smallest absolute Gasteiger partial charge is 0.410 e. The minimum absolute atomic E-state index is 0.179. The van der Waals surface area contributed by atoms with Gasteiger partial charge in [-0.3, -0.25) is 0 Å². The van der Waals surface area contributed by atoms with Crippen molar-refractivity contribution in [1.29, 1.82) is 0 Å². The predicted octanol–water partition coefficient (Wildman–Crippen LogP) is 2.34. The summed E-state index contributed by atoms with van der Waals surface area (Å²) in [4.78, 5) is 16.1. The zero-order valence-corrected chi connectivity index (χ0v) is 12.0. The Morgan fingerprint density at radius 1 is 1.35 bits per heavy atom. The van der Waals surface area contributed by atoms with Gasteiger partial charge in [-0.05, 0) is 54.6 Å². The zero-order valence-electron chi connectivity index (χ0n) is 12.0. The van der Waals surface area contributed by atoms with Crippen LogP contribution in [0, 0.1) is 0 Å². The standard InChI is InChI=1S/C13H26N2O2/c1-10-9-11(14(5)6)7-8-15(10)12(16)17-13(2,3)4/h10-11H,7-9H2,1-6H3. The molecular weight excluding hydrogens is 216 g/mol. The molecule has 1 heterocycles. The fraction of sp³-hybridized carbons (Fsp3) is 0.923. The molecule has 0 N–H and O–H groups in total. The number of carbonyl (C=O) groups is 1. The van der Waals surface area contributed by atoms with Crippen LogP contribution in [0.15, 0.2) is 0 Å². The van der Waals surface area contributed by atoms with Crippen LogP contribution in [0.4, 0.5) is 4.79 Å². The van der Waals surface area contributed by atoms with Gasteiger partial charge in [0, 0.05) is 18.6 Å². The third-order valence-electron chi connectivity index (χ3n) is 3.21. The summed E-state index contributed by atoms with van der Waals surface area (Å²) in [7, 11) is 4.20. The Bertz CT molecular complexity index is 271. The highest BCUT2D eigenvalue weighted by Gasteiger charge is 2.32. The first kappa shape index (κ1) is 14.3. The van der Waals surface area contributed by atoms with Crippen molar-refractivity contribution in [2.45, 2.75) is 58.2 Å². The van der Waals surface area contributed by atoms with E-state index in [4.69, 9.17) is 4.74 Å². The molecule has 0 bridgehead atoms. The summed E-state index contributed by atoms with van der Waals surface area (Å²) < 4.78 is 5.42. The van der Waals surface area contributed by atoms with E-state index >= 15 is 0 Å². The second-order valence-electron chi connectivity index (χ2n) is 6.16. The molecule has 17 heavy (non-hydrogen) atoms. The molecule has 1 fully saturated rings. The lowest BCUT2D eigenvalue weighted by molar-refractivity contribution is 0.00474. The van der Waals surface area contributed by atoms with E-state index in [0.29, 0.717) is 6.04 Å². The SMILES string of the molecule is CC1CC(N(C)C)CCN1C(=O)OC(C)(C)C. The lowest BCUT2D eigenvalue weighted by Gasteiger charge is -2.40. The van der Waals surface area contributed by atoms with Gasteiger partial charge in [0.2, 0.25) is 0 Å². The third kappa shape index (κ3) is 4.19. The molecule has 1 aliphatic heterocycles. The van der Waals surface area contributed by atoms with Crippen molar-refractivity contribution in [2.24, 2.45) is 0 Å². The van der Waals surface area contributed by atoms with Crippen molar-refractivity contribution in [1.82, 2.24) is 9.80 Å². The molecule has 1 amide bonds. The number of nitrogens with zero attached hydrogens (tertiary/aromatic N) is 2. The molecule has 2 atom stereocenters. The second-order valence-corrected chi connectivity index (χ2v) is 6.16. The molecule has 0 aromatic carbocycles. The first-order valence-corrected chi connectivity index (χ1v) is 6.37.